The van der Waals surface area contributed by atoms with Gasteiger partial charge in [0.25, 0.3) is 0 Å². The minimum atomic E-state index is 0.141. The number of likely N-dealkylation sites (N-methyl/N-ethyl adjacent to an activating group) is 1. The lowest BCUT2D eigenvalue weighted by Crippen LogP contribution is -2.27. The first kappa shape index (κ1) is 21.6. The van der Waals surface area contributed by atoms with Crippen molar-refractivity contribution in [3.63, 3.8) is 0 Å². The summed E-state index contributed by atoms with van der Waals surface area (Å²) in [4.78, 5) is 6.70. The molecule has 0 aliphatic rings. The summed E-state index contributed by atoms with van der Waals surface area (Å²) >= 11 is 0. The van der Waals surface area contributed by atoms with Crippen molar-refractivity contribution in [3.05, 3.63) is 53.6 Å². The molecule has 2 rings (SSSR count). The lowest BCUT2D eigenvalue weighted by Gasteiger charge is -2.23. The first-order valence-corrected chi connectivity index (χ1v) is 9.64. The molecule has 0 fully saturated rings. The zero-order valence-electron chi connectivity index (χ0n) is 17.5. The molecule has 0 radical (unpaired) electrons. The Kier molecular flexibility index (Phi) is 8.14. The molecule has 6 nitrogen and oxygen atoms in total. The number of hydrogen-bond donors (Lipinski definition) is 2. The standard InChI is InChI=1S/C22H32N4O2/c1-6-27-18-12-13-21(28-7-2)19(14-18)25-22(23)24-15-20(26(4)5)17-10-8-16(3)9-11-17/h8-14,20H,6-7,15H2,1-5H3,(H3,23,24,25). The zero-order chi connectivity index (χ0) is 20.5. The summed E-state index contributed by atoms with van der Waals surface area (Å²) in [5.41, 5.74) is 9.36. The molecule has 0 aliphatic heterocycles. The van der Waals surface area contributed by atoms with E-state index in [9.17, 15) is 0 Å². The molecule has 3 N–H and O–H groups in total. The maximum Gasteiger partial charge on any atom is 0.193 e. The van der Waals surface area contributed by atoms with Crippen molar-refractivity contribution < 1.29 is 9.47 Å². The van der Waals surface area contributed by atoms with Gasteiger partial charge in [0, 0.05) is 6.07 Å². The second kappa shape index (κ2) is 10.6. The van der Waals surface area contributed by atoms with Gasteiger partial charge < -0.3 is 25.4 Å². The van der Waals surface area contributed by atoms with E-state index < -0.39 is 0 Å². The number of ether oxygens (including phenoxy) is 2. The minimum absolute atomic E-state index is 0.141. The van der Waals surface area contributed by atoms with Gasteiger partial charge in [-0.2, -0.15) is 0 Å². The van der Waals surface area contributed by atoms with Gasteiger partial charge in [-0.3, -0.25) is 4.99 Å². The average molecular weight is 385 g/mol. The number of nitrogens with zero attached hydrogens (tertiary/aromatic N) is 2. The number of aryl methyl sites for hydroxylation is 1. The molecular formula is C22H32N4O2. The van der Waals surface area contributed by atoms with Crippen LogP contribution in [0.4, 0.5) is 5.69 Å². The lowest BCUT2D eigenvalue weighted by molar-refractivity contribution is 0.306. The molecule has 6 heteroatoms. The molecule has 1 unspecified atom stereocenters. The van der Waals surface area contributed by atoms with Gasteiger partial charge in [0.05, 0.1) is 31.5 Å². The van der Waals surface area contributed by atoms with E-state index in [2.05, 4.69) is 46.4 Å². The Morgan fingerprint density at radius 2 is 1.75 bits per heavy atom. The van der Waals surface area contributed by atoms with Gasteiger partial charge in [-0.1, -0.05) is 29.8 Å². The first-order valence-electron chi connectivity index (χ1n) is 9.64. The van der Waals surface area contributed by atoms with Gasteiger partial charge in [-0.15, -0.1) is 0 Å². The van der Waals surface area contributed by atoms with Crippen LogP contribution in [0.25, 0.3) is 0 Å². The van der Waals surface area contributed by atoms with Crippen LogP contribution >= 0.6 is 0 Å². The molecular weight excluding hydrogens is 352 g/mol. The largest absolute Gasteiger partial charge is 0.494 e. The summed E-state index contributed by atoms with van der Waals surface area (Å²) in [5, 5.41) is 3.15. The van der Waals surface area contributed by atoms with Crippen LogP contribution in [0.5, 0.6) is 11.5 Å². The maximum absolute atomic E-state index is 6.17. The van der Waals surface area contributed by atoms with Crippen molar-refractivity contribution in [2.45, 2.75) is 26.8 Å². The molecule has 0 heterocycles. The molecule has 0 aliphatic carbocycles. The molecule has 0 saturated carbocycles. The predicted octanol–water partition coefficient (Wildman–Crippen LogP) is 3.82. The molecule has 2 aromatic rings. The van der Waals surface area contributed by atoms with E-state index in [0.29, 0.717) is 31.5 Å². The fourth-order valence-electron chi connectivity index (χ4n) is 2.86. The molecule has 152 valence electrons. The van der Waals surface area contributed by atoms with Gasteiger partial charge in [0.1, 0.15) is 11.5 Å². The smallest absolute Gasteiger partial charge is 0.193 e. The van der Waals surface area contributed by atoms with E-state index in [4.69, 9.17) is 15.2 Å². The third-order valence-electron chi connectivity index (χ3n) is 4.34. The second-order valence-electron chi connectivity index (χ2n) is 6.77. The van der Waals surface area contributed by atoms with E-state index in [-0.39, 0.29) is 6.04 Å². The Bertz CT molecular complexity index is 773. The number of hydrogen-bond acceptors (Lipinski definition) is 4. The van der Waals surface area contributed by atoms with Crippen molar-refractivity contribution >= 4 is 11.6 Å². The van der Waals surface area contributed by atoms with Gasteiger partial charge >= 0.3 is 0 Å². The van der Waals surface area contributed by atoms with Crippen LogP contribution in [0, 0.1) is 6.92 Å². The number of guanidine groups is 1. The van der Waals surface area contributed by atoms with E-state index >= 15 is 0 Å². The summed E-state index contributed by atoms with van der Waals surface area (Å²) in [6, 6.07) is 14.3. The molecule has 28 heavy (non-hydrogen) atoms. The fourth-order valence-corrected chi connectivity index (χ4v) is 2.86. The Morgan fingerprint density at radius 1 is 1.07 bits per heavy atom. The monoisotopic (exact) mass is 384 g/mol. The van der Waals surface area contributed by atoms with Gasteiger partial charge in [-0.05, 0) is 52.6 Å². The number of anilines is 1. The fraction of sp³-hybridized carbons (Fsp3) is 0.409. The number of aliphatic imine (C=N–C) groups is 1. The average Bonchev–Trinajstić information content (AvgIpc) is 2.65. The van der Waals surface area contributed by atoms with E-state index in [1.54, 1.807) is 0 Å². The highest BCUT2D eigenvalue weighted by atomic mass is 16.5. The van der Waals surface area contributed by atoms with Crippen molar-refractivity contribution in [1.82, 2.24) is 4.90 Å². The highest BCUT2D eigenvalue weighted by molar-refractivity contribution is 5.94. The van der Waals surface area contributed by atoms with Crippen molar-refractivity contribution in [2.24, 2.45) is 10.7 Å². The van der Waals surface area contributed by atoms with E-state index in [1.807, 2.05) is 46.1 Å². The summed E-state index contributed by atoms with van der Waals surface area (Å²) in [5.74, 6) is 1.81. The third-order valence-corrected chi connectivity index (χ3v) is 4.34. The molecule has 0 bridgehead atoms. The van der Waals surface area contributed by atoms with Crippen LogP contribution in [0.3, 0.4) is 0 Å². The Balaban J connectivity index is 2.15. The Morgan fingerprint density at radius 3 is 2.36 bits per heavy atom. The SMILES string of the molecule is CCOc1ccc(OCC)c(NC(N)=NCC(c2ccc(C)cc2)N(C)C)c1. The second-order valence-corrected chi connectivity index (χ2v) is 6.77. The maximum atomic E-state index is 6.17. The topological polar surface area (TPSA) is 72.1 Å². The van der Waals surface area contributed by atoms with Crippen LogP contribution in [0.1, 0.15) is 31.0 Å². The quantitative estimate of drug-likeness (QED) is 0.508. The van der Waals surface area contributed by atoms with Crippen molar-refractivity contribution in [3.8, 4) is 11.5 Å². The normalized spacial score (nSPS) is 12.7. The summed E-state index contributed by atoms with van der Waals surface area (Å²) < 4.78 is 11.3. The summed E-state index contributed by atoms with van der Waals surface area (Å²) in [6.45, 7) is 7.69. The number of nitrogens with two attached hydrogens (primary N) is 1. The highest BCUT2D eigenvalue weighted by Gasteiger charge is 2.14. The zero-order valence-corrected chi connectivity index (χ0v) is 17.5. The van der Waals surface area contributed by atoms with Crippen LogP contribution in [-0.2, 0) is 0 Å². The summed E-state index contributed by atoms with van der Waals surface area (Å²) in [7, 11) is 4.09. The molecule has 0 spiro atoms. The summed E-state index contributed by atoms with van der Waals surface area (Å²) in [6.07, 6.45) is 0. The Hall–Kier alpha value is -2.73. The Labute approximate surface area is 168 Å². The lowest BCUT2D eigenvalue weighted by atomic mass is 10.0. The molecule has 2 aromatic carbocycles. The molecule has 1 atom stereocenters. The first-order chi connectivity index (χ1) is 13.4. The highest BCUT2D eigenvalue weighted by Crippen LogP contribution is 2.29. The molecule has 0 aromatic heterocycles. The van der Waals surface area contributed by atoms with Crippen molar-refractivity contribution in [1.29, 1.82) is 0 Å². The van der Waals surface area contributed by atoms with E-state index in [0.717, 1.165) is 11.4 Å². The third kappa shape index (κ3) is 6.16. The van der Waals surface area contributed by atoms with Crippen LogP contribution in [-0.4, -0.2) is 44.7 Å². The van der Waals surface area contributed by atoms with Gasteiger partial charge in [0.2, 0.25) is 0 Å². The van der Waals surface area contributed by atoms with Crippen LogP contribution in [0.15, 0.2) is 47.5 Å². The van der Waals surface area contributed by atoms with Crippen LogP contribution < -0.4 is 20.5 Å². The predicted molar refractivity (Wildman–Crippen MR) is 116 cm³/mol. The minimum Gasteiger partial charge on any atom is -0.494 e. The van der Waals surface area contributed by atoms with Crippen LogP contribution in [0.2, 0.25) is 0 Å². The van der Waals surface area contributed by atoms with E-state index in [1.165, 1.54) is 11.1 Å². The molecule has 0 saturated heterocycles. The van der Waals surface area contributed by atoms with Crippen molar-refractivity contribution in [2.75, 3.05) is 39.2 Å². The van der Waals surface area contributed by atoms with Gasteiger partial charge in [-0.25, -0.2) is 0 Å². The number of nitrogens with one attached hydrogen (secondary N) is 1. The van der Waals surface area contributed by atoms with Gasteiger partial charge in [0.15, 0.2) is 5.96 Å². The number of benzene rings is 2. The molecule has 0 amide bonds. The number of rotatable bonds is 9.